The fourth-order valence-electron chi connectivity index (χ4n) is 6.43. The Kier molecular flexibility index (Phi) is 9.91. The monoisotopic (exact) mass is 615 g/mol. The Hall–Kier alpha value is -2.77. The second kappa shape index (κ2) is 13.0. The molecule has 2 aliphatic heterocycles. The summed E-state index contributed by atoms with van der Waals surface area (Å²) in [4.78, 5) is 29.8. The molecule has 41 heavy (non-hydrogen) atoms. The van der Waals surface area contributed by atoms with Crippen molar-refractivity contribution in [1.82, 2.24) is 15.1 Å². The first-order valence-corrected chi connectivity index (χ1v) is 14.4. The van der Waals surface area contributed by atoms with Gasteiger partial charge in [0.25, 0.3) is 5.91 Å². The molecule has 3 aromatic carbocycles. The number of hydrogen-bond acceptors (Lipinski definition) is 4. The number of halogens is 3. The van der Waals surface area contributed by atoms with Crippen LogP contribution in [-0.2, 0) is 10.3 Å². The van der Waals surface area contributed by atoms with Gasteiger partial charge in [-0.25, -0.2) is 0 Å². The second-order valence-corrected chi connectivity index (χ2v) is 11.7. The lowest BCUT2D eigenvalue weighted by Gasteiger charge is -2.43. The average Bonchev–Trinajstić information content (AvgIpc) is 3.20. The molecule has 0 bridgehead atoms. The molecule has 1 saturated heterocycles. The van der Waals surface area contributed by atoms with Crippen molar-refractivity contribution in [2.75, 3.05) is 33.8 Å². The quantitative estimate of drug-likeness (QED) is 0.301. The summed E-state index contributed by atoms with van der Waals surface area (Å²) in [5.41, 5.74) is 3.52. The molecule has 3 aromatic rings. The van der Waals surface area contributed by atoms with Crippen LogP contribution in [0.1, 0.15) is 65.2 Å². The summed E-state index contributed by atoms with van der Waals surface area (Å²) in [6.45, 7) is 4.15. The Morgan fingerprint density at radius 3 is 2.39 bits per heavy atom. The summed E-state index contributed by atoms with van der Waals surface area (Å²) in [5, 5.41) is 4.28. The van der Waals surface area contributed by atoms with Gasteiger partial charge < -0.3 is 19.9 Å². The predicted octanol–water partition coefficient (Wildman–Crippen LogP) is 6.85. The van der Waals surface area contributed by atoms with Crippen molar-refractivity contribution in [2.24, 2.45) is 0 Å². The molecule has 2 unspecified atom stereocenters. The van der Waals surface area contributed by atoms with Gasteiger partial charge in [0.15, 0.2) is 0 Å². The fourth-order valence-corrected chi connectivity index (χ4v) is 6.73. The molecule has 6 nitrogen and oxygen atoms in total. The first kappa shape index (κ1) is 31.2. The van der Waals surface area contributed by atoms with E-state index in [0.717, 1.165) is 55.6 Å². The molecule has 0 radical (unpaired) electrons. The summed E-state index contributed by atoms with van der Waals surface area (Å²) < 4.78 is 5.40. The molecule has 5 rings (SSSR count). The minimum atomic E-state index is -0.358. The van der Waals surface area contributed by atoms with Crippen LogP contribution in [-0.4, -0.2) is 55.4 Å². The number of nitrogens with one attached hydrogen (secondary N) is 1. The van der Waals surface area contributed by atoms with Gasteiger partial charge in [-0.2, -0.15) is 0 Å². The van der Waals surface area contributed by atoms with E-state index < -0.39 is 0 Å². The van der Waals surface area contributed by atoms with E-state index in [1.165, 1.54) is 0 Å². The van der Waals surface area contributed by atoms with E-state index in [4.69, 9.17) is 27.9 Å². The molecule has 0 aromatic heterocycles. The van der Waals surface area contributed by atoms with Gasteiger partial charge in [-0.05, 0) is 66.8 Å². The van der Waals surface area contributed by atoms with Crippen LogP contribution < -0.4 is 10.1 Å². The van der Waals surface area contributed by atoms with Crippen molar-refractivity contribution in [2.45, 2.75) is 43.7 Å². The van der Waals surface area contributed by atoms with Gasteiger partial charge in [0, 0.05) is 38.5 Å². The minimum absolute atomic E-state index is 0. The fraction of sp³-hybridized carbons (Fsp3) is 0.375. The van der Waals surface area contributed by atoms with Crippen molar-refractivity contribution in [3.05, 3.63) is 99.0 Å². The van der Waals surface area contributed by atoms with Crippen LogP contribution in [0.2, 0.25) is 10.0 Å². The van der Waals surface area contributed by atoms with Crippen LogP contribution in [0, 0.1) is 0 Å². The van der Waals surface area contributed by atoms with E-state index in [9.17, 15) is 9.59 Å². The first-order chi connectivity index (χ1) is 19.2. The molecule has 2 amide bonds. The number of methoxy groups -OCH3 is 1. The van der Waals surface area contributed by atoms with Crippen LogP contribution >= 0.6 is 35.6 Å². The zero-order chi connectivity index (χ0) is 28.4. The van der Waals surface area contributed by atoms with Crippen molar-refractivity contribution in [3.63, 3.8) is 0 Å². The molecular formula is C32H36Cl3N3O3. The number of hydrogen-bond donors (Lipinski definition) is 1. The van der Waals surface area contributed by atoms with E-state index in [1.54, 1.807) is 14.0 Å². The lowest BCUT2D eigenvalue weighted by molar-refractivity contribution is -0.121. The minimum Gasteiger partial charge on any atom is -0.497 e. The number of likely N-dealkylation sites (N-methyl/N-ethyl adjacent to an activating group) is 1. The van der Waals surface area contributed by atoms with E-state index >= 15 is 0 Å². The standard InChI is InChI=1S/C32H35Cl2N3O3.ClH/c1-21(38)35-32(23-7-5-4-6-8-23)14-17-37(18-15-32)16-13-25(22-9-12-28(33)29(34)19-22)30-26-11-10-24(40-3)20-27(26)31(39)36(30)2;/h4-12,19-20,25,30H,13-18H2,1-3H3,(H,35,38);1H. The Morgan fingerprint density at radius 1 is 1.05 bits per heavy atom. The normalized spacial score (nSPS) is 18.8. The number of piperidine rings is 1. The number of fused-ring (bicyclic) bond motifs is 1. The van der Waals surface area contributed by atoms with Crippen LogP contribution in [0.3, 0.4) is 0 Å². The molecule has 1 N–H and O–H groups in total. The third-order valence-corrected chi connectivity index (χ3v) is 9.25. The zero-order valence-electron chi connectivity index (χ0n) is 23.5. The van der Waals surface area contributed by atoms with Gasteiger partial charge in [0.05, 0.1) is 28.7 Å². The van der Waals surface area contributed by atoms with Crippen LogP contribution in [0.25, 0.3) is 0 Å². The van der Waals surface area contributed by atoms with Crippen molar-refractivity contribution in [3.8, 4) is 5.75 Å². The maximum absolute atomic E-state index is 13.3. The van der Waals surface area contributed by atoms with E-state index in [1.807, 2.05) is 66.5 Å². The molecule has 2 heterocycles. The van der Waals surface area contributed by atoms with Gasteiger partial charge in [-0.3, -0.25) is 9.59 Å². The van der Waals surface area contributed by atoms with Crippen LogP contribution in [0.15, 0.2) is 66.7 Å². The number of benzene rings is 3. The van der Waals surface area contributed by atoms with Gasteiger partial charge in [-0.1, -0.05) is 65.7 Å². The third kappa shape index (κ3) is 6.36. The second-order valence-electron chi connectivity index (χ2n) is 10.9. The molecule has 0 aliphatic carbocycles. The molecule has 2 atom stereocenters. The largest absolute Gasteiger partial charge is 0.497 e. The van der Waals surface area contributed by atoms with Crippen molar-refractivity contribution in [1.29, 1.82) is 0 Å². The number of carbonyl (C=O) groups excluding carboxylic acids is 2. The summed E-state index contributed by atoms with van der Waals surface area (Å²) in [6.07, 6.45) is 2.49. The molecule has 1 fully saturated rings. The van der Waals surface area contributed by atoms with Gasteiger partial charge in [-0.15, -0.1) is 12.4 Å². The van der Waals surface area contributed by atoms with Crippen LogP contribution in [0.5, 0.6) is 5.75 Å². The Labute approximate surface area is 258 Å². The van der Waals surface area contributed by atoms with Gasteiger partial charge in [0.1, 0.15) is 5.75 Å². The number of amides is 2. The smallest absolute Gasteiger partial charge is 0.254 e. The number of rotatable bonds is 8. The van der Waals surface area contributed by atoms with Gasteiger partial charge in [0.2, 0.25) is 5.91 Å². The first-order valence-electron chi connectivity index (χ1n) is 13.7. The maximum atomic E-state index is 13.3. The lowest BCUT2D eigenvalue weighted by atomic mass is 9.80. The summed E-state index contributed by atoms with van der Waals surface area (Å²) in [5.74, 6) is 0.655. The highest BCUT2D eigenvalue weighted by atomic mass is 35.5. The topological polar surface area (TPSA) is 61.9 Å². The SMILES string of the molecule is COc1ccc2c(c1)C(=O)N(C)C2C(CCN1CCC(NC(C)=O)(c2ccccc2)CC1)c1ccc(Cl)c(Cl)c1.Cl. The van der Waals surface area contributed by atoms with Crippen LogP contribution in [0.4, 0.5) is 0 Å². The highest BCUT2D eigenvalue weighted by molar-refractivity contribution is 6.42. The van der Waals surface area contributed by atoms with Gasteiger partial charge >= 0.3 is 0 Å². The molecule has 9 heteroatoms. The Balaban J connectivity index is 0.00000387. The zero-order valence-corrected chi connectivity index (χ0v) is 25.9. The summed E-state index contributed by atoms with van der Waals surface area (Å²) >= 11 is 12.8. The summed E-state index contributed by atoms with van der Waals surface area (Å²) in [6, 6.07) is 21.7. The number of nitrogens with zero attached hydrogens (tertiary/aromatic N) is 2. The average molecular weight is 617 g/mol. The molecular weight excluding hydrogens is 581 g/mol. The third-order valence-electron chi connectivity index (χ3n) is 8.51. The Morgan fingerprint density at radius 2 is 1.76 bits per heavy atom. The highest BCUT2D eigenvalue weighted by Gasteiger charge is 2.41. The molecule has 0 spiro atoms. The van der Waals surface area contributed by atoms with Crippen molar-refractivity contribution >= 4 is 47.4 Å². The molecule has 0 saturated carbocycles. The maximum Gasteiger partial charge on any atom is 0.254 e. The number of ether oxygens (including phenoxy) is 1. The predicted molar refractivity (Wildman–Crippen MR) is 167 cm³/mol. The molecule has 2 aliphatic rings. The number of likely N-dealkylation sites (tertiary alicyclic amines) is 1. The number of carbonyl (C=O) groups is 2. The lowest BCUT2D eigenvalue weighted by Crippen LogP contribution is -2.52. The van der Waals surface area contributed by atoms with E-state index in [0.29, 0.717) is 21.4 Å². The van der Waals surface area contributed by atoms with E-state index in [2.05, 4.69) is 22.3 Å². The highest BCUT2D eigenvalue weighted by Crippen LogP contribution is 2.46. The molecule has 218 valence electrons. The summed E-state index contributed by atoms with van der Waals surface area (Å²) in [7, 11) is 3.48. The van der Waals surface area contributed by atoms with Crippen molar-refractivity contribution < 1.29 is 14.3 Å². The van der Waals surface area contributed by atoms with E-state index in [-0.39, 0.29) is 41.7 Å². The Bertz CT molecular complexity index is 1390.